The molecule has 8 nitrogen and oxygen atoms in total. The van der Waals surface area contributed by atoms with Gasteiger partial charge in [0.1, 0.15) is 29.4 Å². The Morgan fingerprint density at radius 2 is 1.73 bits per heavy atom. The summed E-state index contributed by atoms with van der Waals surface area (Å²) in [5.74, 6) is -0.134. The number of aryl methyl sites for hydroxylation is 1. The van der Waals surface area contributed by atoms with E-state index in [1.807, 2.05) is 0 Å². The molecule has 0 atom stereocenters. The van der Waals surface area contributed by atoms with Crippen molar-refractivity contribution >= 4 is 22.9 Å². The van der Waals surface area contributed by atoms with Crippen LogP contribution in [0.4, 0.5) is 0 Å². The molecule has 8 heteroatoms. The summed E-state index contributed by atoms with van der Waals surface area (Å²) < 4.78 is 26.2. The molecule has 0 aliphatic carbocycles. The van der Waals surface area contributed by atoms with Gasteiger partial charge in [0.2, 0.25) is 11.2 Å². The maximum absolute atomic E-state index is 12.9. The number of carbonyl (C=O) groups excluding carboxylic acids is 2. The van der Waals surface area contributed by atoms with Crippen LogP contribution in [0.1, 0.15) is 23.0 Å². The van der Waals surface area contributed by atoms with E-state index in [0.29, 0.717) is 11.3 Å². The predicted molar refractivity (Wildman–Crippen MR) is 107 cm³/mol. The lowest BCUT2D eigenvalue weighted by Crippen LogP contribution is -2.14. The summed E-state index contributed by atoms with van der Waals surface area (Å²) in [7, 11) is 1.38. The molecule has 0 bridgehead atoms. The van der Waals surface area contributed by atoms with Gasteiger partial charge in [0, 0.05) is 13.2 Å². The van der Waals surface area contributed by atoms with Gasteiger partial charge in [-0.3, -0.25) is 4.79 Å². The average Bonchev–Trinajstić information content (AvgIpc) is 2.71. The Bertz CT molecular complexity index is 1130. The van der Waals surface area contributed by atoms with Crippen LogP contribution in [-0.4, -0.2) is 32.3 Å². The monoisotopic (exact) mass is 412 g/mol. The predicted octanol–water partition coefficient (Wildman–Crippen LogP) is 3.62. The first-order valence-corrected chi connectivity index (χ1v) is 9.15. The van der Waals surface area contributed by atoms with Crippen LogP contribution in [0.15, 0.2) is 51.7 Å². The minimum atomic E-state index is -0.567. The van der Waals surface area contributed by atoms with Gasteiger partial charge in [0.05, 0.1) is 17.6 Å². The Hall–Kier alpha value is -3.65. The van der Waals surface area contributed by atoms with E-state index in [-0.39, 0.29) is 46.9 Å². The molecule has 0 N–H and O–H groups in total. The van der Waals surface area contributed by atoms with Gasteiger partial charge in [-0.15, -0.1) is 0 Å². The molecular formula is C22H20O8. The molecule has 1 heterocycles. The quantitative estimate of drug-likeness (QED) is 0.428. The average molecular weight is 412 g/mol. The van der Waals surface area contributed by atoms with E-state index in [9.17, 15) is 14.4 Å². The number of benzene rings is 2. The van der Waals surface area contributed by atoms with Crippen LogP contribution in [0.5, 0.6) is 17.2 Å². The van der Waals surface area contributed by atoms with Crippen LogP contribution in [0.25, 0.3) is 11.0 Å². The van der Waals surface area contributed by atoms with E-state index in [1.165, 1.54) is 25.3 Å². The summed E-state index contributed by atoms with van der Waals surface area (Å²) >= 11 is 0. The van der Waals surface area contributed by atoms with E-state index in [1.54, 1.807) is 38.1 Å². The zero-order chi connectivity index (χ0) is 21.7. The molecule has 0 aliphatic rings. The number of esters is 2. The lowest BCUT2D eigenvalue weighted by atomic mass is 10.2. The molecule has 0 saturated carbocycles. The van der Waals surface area contributed by atoms with Gasteiger partial charge in [-0.1, -0.05) is 0 Å². The van der Waals surface area contributed by atoms with Crippen LogP contribution < -0.4 is 14.9 Å². The molecule has 0 radical (unpaired) electrons. The maximum atomic E-state index is 12.9. The first-order valence-electron chi connectivity index (χ1n) is 9.15. The lowest BCUT2D eigenvalue weighted by molar-refractivity contribution is -0.138. The number of rotatable bonds is 7. The number of fused-ring (bicyclic) bond motifs is 1. The van der Waals surface area contributed by atoms with Crippen molar-refractivity contribution in [3.05, 3.63) is 64.0 Å². The van der Waals surface area contributed by atoms with Crippen molar-refractivity contribution in [1.29, 1.82) is 0 Å². The fraction of sp³-hybridized carbons (Fsp3) is 0.227. The van der Waals surface area contributed by atoms with Crippen molar-refractivity contribution in [3.63, 3.8) is 0 Å². The van der Waals surface area contributed by atoms with Gasteiger partial charge in [0.25, 0.3) is 0 Å². The van der Waals surface area contributed by atoms with Gasteiger partial charge >= 0.3 is 11.9 Å². The van der Waals surface area contributed by atoms with Crippen molar-refractivity contribution in [2.75, 3.05) is 20.3 Å². The zero-order valence-electron chi connectivity index (χ0n) is 16.7. The van der Waals surface area contributed by atoms with Gasteiger partial charge < -0.3 is 23.4 Å². The van der Waals surface area contributed by atoms with Gasteiger partial charge in [-0.2, -0.15) is 0 Å². The number of hydrogen-bond acceptors (Lipinski definition) is 8. The Morgan fingerprint density at radius 3 is 2.40 bits per heavy atom. The highest BCUT2D eigenvalue weighted by molar-refractivity contribution is 5.89. The molecule has 1 aromatic heterocycles. The fourth-order valence-corrected chi connectivity index (χ4v) is 2.72. The van der Waals surface area contributed by atoms with E-state index in [4.69, 9.17) is 23.4 Å². The second-order valence-electron chi connectivity index (χ2n) is 6.23. The first kappa shape index (κ1) is 21.1. The third-order valence-electron chi connectivity index (χ3n) is 4.07. The number of carbonyl (C=O) groups is 2. The van der Waals surface area contributed by atoms with Crippen molar-refractivity contribution in [1.82, 2.24) is 0 Å². The second kappa shape index (κ2) is 9.23. The molecule has 0 spiro atoms. The number of ether oxygens (including phenoxy) is 4. The highest BCUT2D eigenvalue weighted by Crippen LogP contribution is 2.27. The molecule has 0 unspecified atom stereocenters. The van der Waals surface area contributed by atoms with Gasteiger partial charge in [-0.05, 0) is 50.2 Å². The Kier molecular flexibility index (Phi) is 6.48. The standard InChI is InChI=1S/C22H20O8/c1-4-27-22(25)14-5-7-15(8-6-14)30-21-13(2)28-18-11-16(29-19(23)12-26-3)9-10-17(18)20(21)24/h5-11H,4,12H2,1-3H3. The summed E-state index contributed by atoms with van der Waals surface area (Å²) in [4.78, 5) is 36.2. The molecule has 0 fully saturated rings. The highest BCUT2D eigenvalue weighted by Gasteiger charge is 2.16. The van der Waals surface area contributed by atoms with E-state index in [2.05, 4.69) is 0 Å². The number of hydrogen-bond donors (Lipinski definition) is 0. The second-order valence-corrected chi connectivity index (χ2v) is 6.23. The van der Waals surface area contributed by atoms with Crippen LogP contribution in [0.3, 0.4) is 0 Å². The van der Waals surface area contributed by atoms with Crippen molar-refractivity contribution in [2.45, 2.75) is 13.8 Å². The molecule has 0 saturated heterocycles. The molecule has 0 amide bonds. The largest absolute Gasteiger partial charge is 0.462 e. The van der Waals surface area contributed by atoms with Crippen molar-refractivity contribution in [3.8, 4) is 17.2 Å². The Labute approximate surface area is 171 Å². The smallest absolute Gasteiger partial charge is 0.338 e. The van der Waals surface area contributed by atoms with Crippen LogP contribution in [-0.2, 0) is 14.3 Å². The van der Waals surface area contributed by atoms with E-state index < -0.39 is 11.9 Å². The van der Waals surface area contributed by atoms with Gasteiger partial charge in [0.15, 0.2) is 0 Å². The summed E-state index contributed by atoms with van der Waals surface area (Å²) in [5, 5.41) is 0.269. The van der Waals surface area contributed by atoms with E-state index >= 15 is 0 Å². The van der Waals surface area contributed by atoms with Crippen molar-refractivity contribution in [2.24, 2.45) is 0 Å². The SMILES string of the molecule is CCOC(=O)c1ccc(Oc2c(C)oc3cc(OC(=O)COC)ccc3c2=O)cc1. The number of methoxy groups -OCH3 is 1. The first-order chi connectivity index (χ1) is 14.4. The highest BCUT2D eigenvalue weighted by atomic mass is 16.6. The molecule has 2 aromatic carbocycles. The minimum absolute atomic E-state index is 0.0236. The fourth-order valence-electron chi connectivity index (χ4n) is 2.72. The minimum Gasteiger partial charge on any atom is -0.462 e. The van der Waals surface area contributed by atoms with Crippen LogP contribution in [0.2, 0.25) is 0 Å². The molecule has 3 aromatic rings. The maximum Gasteiger partial charge on any atom is 0.338 e. The Balaban J connectivity index is 1.87. The molecule has 3 rings (SSSR count). The summed E-state index contributed by atoms with van der Waals surface area (Å²) in [6, 6.07) is 10.7. The van der Waals surface area contributed by atoms with Gasteiger partial charge in [-0.25, -0.2) is 9.59 Å². The van der Waals surface area contributed by atoms with E-state index in [0.717, 1.165) is 0 Å². The topological polar surface area (TPSA) is 101 Å². The lowest BCUT2D eigenvalue weighted by Gasteiger charge is -2.10. The molecule has 0 aliphatic heterocycles. The van der Waals surface area contributed by atoms with Crippen molar-refractivity contribution < 1.29 is 33.0 Å². The normalized spacial score (nSPS) is 10.6. The molecule has 156 valence electrons. The zero-order valence-corrected chi connectivity index (χ0v) is 16.7. The summed E-state index contributed by atoms with van der Waals surface area (Å²) in [6.07, 6.45) is 0. The third-order valence-corrected chi connectivity index (χ3v) is 4.07. The van der Waals surface area contributed by atoms with Crippen LogP contribution >= 0.6 is 0 Å². The summed E-state index contributed by atoms with van der Waals surface area (Å²) in [5.41, 5.74) is 0.255. The molecule has 30 heavy (non-hydrogen) atoms. The Morgan fingerprint density at radius 1 is 1.03 bits per heavy atom. The van der Waals surface area contributed by atoms with Crippen LogP contribution in [0, 0.1) is 6.92 Å². The summed E-state index contributed by atoms with van der Waals surface area (Å²) in [6.45, 7) is 3.40. The molecular weight excluding hydrogens is 392 g/mol. The third kappa shape index (κ3) is 4.66.